The number of carboxylic acid groups (broad SMARTS) is 1. The van der Waals surface area contributed by atoms with Crippen LogP contribution in [0, 0.1) is 0 Å². The Morgan fingerprint density at radius 3 is 2.69 bits per heavy atom. The van der Waals surface area contributed by atoms with Gasteiger partial charge in [-0.05, 0) is 61.3 Å². The van der Waals surface area contributed by atoms with Crippen molar-refractivity contribution < 1.29 is 14.7 Å². The number of likely N-dealkylation sites (N-methyl/N-ethyl adjacent to an activating group) is 1. The van der Waals surface area contributed by atoms with Crippen molar-refractivity contribution in [2.24, 2.45) is 0 Å². The predicted molar refractivity (Wildman–Crippen MR) is 97.2 cm³/mol. The van der Waals surface area contributed by atoms with Crippen LogP contribution in [-0.2, 0) is 16.8 Å². The summed E-state index contributed by atoms with van der Waals surface area (Å²) in [5.74, 6) is -0.880. The maximum Gasteiger partial charge on any atom is 0.335 e. The minimum atomic E-state index is -0.959. The second kappa shape index (κ2) is 6.21. The number of hydrogen-bond donors (Lipinski definition) is 1. The molecule has 0 aliphatic carbocycles. The molecule has 3 heterocycles. The minimum absolute atomic E-state index is 0.0797. The van der Waals surface area contributed by atoms with Crippen LogP contribution in [0.3, 0.4) is 0 Å². The number of piperidine rings is 1. The number of carboxylic acids is 1. The van der Waals surface area contributed by atoms with Gasteiger partial charge >= 0.3 is 5.97 Å². The van der Waals surface area contributed by atoms with E-state index in [-0.39, 0.29) is 11.5 Å². The number of nitrogens with zero attached hydrogens (tertiary/aromatic N) is 3. The molecule has 6 nitrogen and oxygen atoms in total. The highest BCUT2D eigenvalue weighted by atomic mass is 16.4. The van der Waals surface area contributed by atoms with Gasteiger partial charge in [0.1, 0.15) is 0 Å². The van der Waals surface area contributed by atoms with Crippen LogP contribution in [0.15, 0.2) is 42.7 Å². The monoisotopic (exact) mass is 351 g/mol. The summed E-state index contributed by atoms with van der Waals surface area (Å²) in [6.45, 7) is 2.41. The lowest BCUT2D eigenvalue weighted by Gasteiger charge is -2.38. The third-order valence-electron chi connectivity index (χ3n) is 5.67. The zero-order valence-electron chi connectivity index (χ0n) is 14.7. The Morgan fingerprint density at radius 1 is 1.27 bits per heavy atom. The van der Waals surface area contributed by atoms with Gasteiger partial charge in [-0.3, -0.25) is 14.7 Å². The number of hydrogen-bond acceptors (Lipinski definition) is 4. The number of carbonyl (C=O) groups excluding carboxylic acids is 1. The molecule has 0 saturated carbocycles. The van der Waals surface area contributed by atoms with Crippen LogP contribution in [0.2, 0.25) is 0 Å². The summed E-state index contributed by atoms with van der Waals surface area (Å²) in [6, 6.07) is 9.00. The van der Waals surface area contributed by atoms with Crippen LogP contribution < -0.4 is 4.90 Å². The first-order valence-corrected chi connectivity index (χ1v) is 8.78. The van der Waals surface area contributed by atoms with E-state index in [2.05, 4.69) is 16.0 Å². The van der Waals surface area contributed by atoms with E-state index in [0.717, 1.165) is 36.4 Å². The average molecular weight is 351 g/mol. The van der Waals surface area contributed by atoms with Gasteiger partial charge in [-0.1, -0.05) is 6.07 Å². The fraction of sp³-hybridized carbons (Fsp3) is 0.350. The Kier molecular flexibility index (Phi) is 4.00. The highest BCUT2D eigenvalue weighted by Crippen LogP contribution is 2.47. The standard InChI is InChI=1S/C20H21N3O3/c1-22-17-5-4-15(18(24)25)11-16(17)20(19(22)26)6-9-23(10-7-20)13-14-3-2-8-21-12-14/h2-5,8,11-12H,6-7,9-10,13H2,1H3,(H,24,25). The van der Waals surface area contributed by atoms with Crippen molar-refractivity contribution in [3.05, 3.63) is 59.4 Å². The van der Waals surface area contributed by atoms with Gasteiger partial charge in [0.2, 0.25) is 5.91 Å². The normalized spacial score (nSPS) is 19.0. The summed E-state index contributed by atoms with van der Waals surface area (Å²) in [6.07, 6.45) is 5.03. The van der Waals surface area contributed by atoms with Gasteiger partial charge in [-0.15, -0.1) is 0 Å². The van der Waals surface area contributed by atoms with Gasteiger partial charge in [0.25, 0.3) is 0 Å². The van der Waals surface area contributed by atoms with E-state index in [4.69, 9.17) is 0 Å². The fourth-order valence-electron chi connectivity index (χ4n) is 4.22. The number of anilines is 1. The number of carbonyl (C=O) groups is 2. The third-order valence-corrected chi connectivity index (χ3v) is 5.67. The van der Waals surface area contributed by atoms with Crippen LogP contribution in [0.1, 0.15) is 34.3 Å². The van der Waals surface area contributed by atoms with Gasteiger partial charge in [0.15, 0.2) is 0 Å². The molecule has 2 aliphatic rings. The quantitative estimate of drug-likeness (QED) is 0.918. The van der Waals surface area contributed by atoms with Crippen LogP contribution in [0.4, 0.5) is 5.69 Å². The zero-order chi connectivity index (χ0) is 18.3. The van der Waals surface area contributed by atoms with Gasteiger partial charge in [0.05, 0.1) is 11.0 Å². The van der Waals surface area contributed by atoms with Crippen molar-refractivity contribution in [1.82, 2.24) is 9.88 Å². The molecule has 0 atom stereocenters. The van der Waals surface area contributed by atoms with Crippen LogP contribution in [-0.4, -0.2) is 47.0 Å². The molecule has 2 aliphatic heterocycles. The summed E-state index contributed by atoms with van der Waals surface area (Å²) in [5, 5.41) is 9.33. The summed E-state index contributed by atoms with van der Waals surface area (Å²) in [7, 11) is 1.78. The molecule has 1 N–H and O–H groups in total. The first-order chi connectivity index (χ1) is 12.5. The number of aromatic nitrogens is 1. The van der Waals surface area contributed by atoms with E-state index in [1.807, 2.05) is 12.3 Å². The molecular weight excluding hydrogens is 330 g/mol. The van der Waals surface area contributed by atoms with Crippen LogP contribution in [0.25, 0.3) is 0 Å². The van der Waals surface area contributed by atoms with Gasteiger partial charge in [-0.2, -0.15) is 0 Å². The van der Waals surface area contributed by atoms with Crippen molar-refractivity contribution >= 4 is 17.6 Å². The molecule has 26 heavy (non-hydrogen) atoms. The number of fused-ring (bicyclic) bond motifs is 2. The summed E-state index contributed by atoms with van der Waals surface area (Å²) >= 11 is 0. The molecule has 4 rings (SSSR count). The number of likely N-dealkylation sites (tertiary alicyclic amines) is 1. The van der Waals surface area contributed by atoms with Crippen molar-refractivity contribution in [3.63, 3.8) is 0 Å². The van der Waals surface area contributed by atoms with E-state index in [1.54, 1.807) is 36.3 Å². The molecule has 134 valence electrons. The molecule has 1 saturated heterocycles. The molecule has 0 radical (unpaired) electrons. The molecule has 1 spiro atoms. The number of rotatable bonds is 3. The Labute approximate surface area is 152 Å². The number of benzene rings is 1. The Morgan fingerprint density at radius 2 is 2.04 bits per heavy atom. The van der Waals surface area contributed by atoms with Crippen LogP contribution in [0.5, 0.6) is 0 Å². The van der Waals surface area contributed by atoms with E-state index < -0.39 is 11.4 Å². The van der Waals surface area contributed by atoms with Crippen molar-refractivity contribution in [2.45, 2.75) is 24.8 Å². The van der Waals surface area contributed by atoms with Crippen molar-refractivity contribution in [2.75, 3.05) is 25.0 Å². The highest BCUT2D eigenvalue weighted by Gasteiger charge is 2.51. The third kappa shape index (κ3) is 2.57. The van der Waals surface area contributed by atoms with Gasteiger partial charge in [-0.25, -0.2) is 4.79 Å². The maximum atomic E-state index is 13.0. The molecule has 1 amide bonds. The summed E-state index contributed by atoms with van der Waals surface area (Å²) in [4.78, 5) is 32.6. The number of amides is 1. The smallest absolute Gasteiger partial charge is 0.335 e. The van der Waals surface area contributed by atoms with Gasteiger partial charge in [0, 0.05) is 31.7 Å². The van der Waals surface area contributed by atoms with Crippen molar-refractivity contribution in [3.8, 4) is 0 Å². The molecule has 1 aromatic heterocycles. The highest BCUT2D eigenvalue weighted by molar-refractivity contribution is 6.08. The van der Waals surface area contributed by atoms with E-state index in [0.29, 0.717) is 12.8 Å². The molecule has 2 aromatic rings. The first kappa shape index (κ1) is 16.7. The lowest BCUT2D eigenvalue weighted by molar-refractivity contribution is -0.124. The molecule has 0 bridgehead atoms. The Hall–Kier alpha value is -2.73. The van der Waals surface area contributed by atoms with E-state index >= 15 is 0 Å². The Balaban J connectivity index is 1.59. The van der Waals surface area contributed by atoms with E-state index in [1.165, 1.54) is 0 Å². The molecule has 1 fully saturated rings. The number of pyridine rings is 1. The van der Waals surface area contributed by atoms with E-state index in [9.17, 15) is 14.7 Å². The lowest BCUT2D eigenvalue weighted by Crippen LogP contribution is -2.47. The fourth-order valence-corrected chi connectivity index (χ4v) is 4.22. The summed E-state index contributed by atoms with van der Waals surface area (Å²) < 4.78 is 0. The Bertz CT molecular complexity index is 858. The van der Waals surface area contributed by atoms with Crippen molar-refractivity contribution in [1.29, 1.82) is 0 Å². The average Bonchev–Trinajstić information content (AvgIpc) is 2.86. The van der Waals surface area contributed by atoms with Gasteiger partial charge < -0.3 is 10.0 Å². The SMILES string of the molecule is CN1C(=O)C2(CCN(Cc3cccnc3)CC2)c2cc(C(=O)O)ccc21. The predicted octanol–water partition coefficient (Wildman–Crippen LogP) is 2.29. The zero-order valence-corrected chi connectivity index (χ0v) is 14.7. The second-order valence-corrected chi connectivity index (χ2v) is 7.12. The second-order valence-electron chi connectivity index (χ2n) is 7.12. The minimum Gasteiger partial charge on any atom is -0.478 e. The topological polar surface area (TPSA) is 73.7 Å². The first-order valence-electron chi connectivity index (χ1n) is 8.78. The largest absolute Gasteiger partial charge is 0.478 e. The molecule has 0 unspecified atom stereocenters. The molecule has 6 heteroatoms. The maximum absolute atomic E-state index is 13.0. The summed E-state index contributed by atoms with van der Waals surface area (Å²) in [5.41, 5.74) is 2.50. The van der Waals surface area contributed by atoms with Crippen LogP contribution >= 0.6 is 0 Å². The molecular formula is C20H21N3O3. The lowest BCUT2D eigenvalue weighted by atomic mass is 9.73. The molecule has 1 aromatic carbocycles. The number of aromatic carboxylic acids is 1.